The van der Waals surface area contributed by atoms with E-state index in [0.717, 1.165) is 20.9 Å². The molecule has 0 saturated heterocycles. The molecule has 0 aliphatic rings. The number of aliphatic imine (C=N–C) groups is 1. The first-order valence-electron chi connectivity index (χ1n) is 9.18. The van der Waals surface area contributed by atoms with E-state index in [1.54, 1.807) is 36.0 Å². The Balaban J connectivity index is 1.76. The third-order valence-corrected chi connectivity index (χ3v) is 5.77. The molecule has 0 saturated carbocycles. The molecule has 3 aromatic carbocycles. The third-order valence-electron chi connectivity index (χ3n) is 4.14. The summed E-state index contributed by atoms with van der Waals surface area (Å²) in [5, 5.41) is 23.4. The molecule has 0 aromatic heterocycles. The second kappa shape index (κ2) is 11.2. The number of halogens is 2. The van der Waals surface area contributed by atoms with Crippen LogP contribution in [-0.2, 0) is 6.54 Å². The van der Waals surface area contributed by atoms with Gasteiger partial charge in [0.05, 0.1) is 0 Å². The van der Waals surface area contributed by atoms with Crippen LogP contribution in [0.1, 0.15) is 11.1 Å². The molecule has 3 rings (SSSR count). The van der Waals surface area contributed by atoms with Gasteiger partial charge in [-0.3, -0.25) is 0 Å². The lowest BCUT2D eigenvalue weighted by atomic mass is 10.2. The van der Waals surface area contributed by atoms with Crippen LogP contribution in [0, 0.1) is 22.7 Å². The molecule has 0 atom stereocenters. The Labute approximate surface area is 195 Å². The predicted molar refractivity (Wildman–Crippen MR) is 126 cm³/mol. The molecule has 7 heteroatoms. The molecule has 0 aliphatic carbocycles. The summed E-state index contributed by atoms with van der Waals surface area (Å²) in [6, 6.07) is 26.5. The minimum absolute atomic E-state index is 0.0142. The van der Waals surface area contributed by atoms with Crippen molar-refractivity contribution in [1.29, 1.82) is 10.5 Å². The van der Waals surface area contributed by atoms with Crippen LogP contribution in [0.4, 0.5) is 0 Å². The van der Waals surface area contributed by atoms with Crippen molar-refractivity contribution in [3.05, 3.63) is 105 Å². The van der Waals surface area contributed by atoms with Crippen molar-refractivity contribution in [3.8, 4) is 12.1 Å². The van der Waals surface area contributed by atoms with E-state index in [2.05, 4.69) is 10.3 Å². The number of benzene rings is 3. The Kier molecular flexibility index (Phi) is 8.15. The minimum atomic E-state index is 0.0142. The number of nitriles is 2. The van der Waals surface area contributed by atoms with Gasteiger partial charge in [-0.2, -0.15) is 10.5 Å². The lowest BCUT2D eigenvalue weighted by molar-refractivity contribution is 0.813. The predicted octanol–water partition coefficient (Wildman–Crippen LogP) is 6.61. The fourth-order valence-corrected chi connectivity index (χ4v) is 3.77. The standard InChI is InChI=1S/C24H16Cl2N4S/c25-19-7-5-17(6-8-19)15-29-22(13-27)23(14-28)30-16-18-3-1-2-4-24(18)31-21-11-9-20(26)10-12-21/h1-12,15,30H,16H2/b23-22+,29-15?. The normalized spacial score (nSPS) is 11.5. The third kappa shape index (κ3) is 6.64. The van der Waals surface area contributed by atoms with Gasteiger partial charge in [0.2, 0.25) is 0 Å². The zero-order valence-electron chi connectivity index (χ0n) is 16.2. The Bertz CT molecular complexity index is 1190. The van der Waals surface area contributed by atoms with Gasteiger partial charge >= 0.3 is 0 Å². The van der Waals surface area contributed by atoms with Crippen molar-refractivity contribution in [2.24, 2.45) is 4.99 Å². The van der Waals surface area contributed by atoms with Crippen LogP contribution in [-0.4, -0.2) is 6.21 Å². The van der Waals surface area contributed by atoms with Crippen molar-refractivity contribution >= 4 is 41.2 Å². The van der Waals surface area contributed by atoms with Crippen LogP contribution in [0.3, 0.4) is 0 Å². The summed E-state index contributed by atoms with van der Waals surface area (Å²) >= 11 is 13.4. The summed E-state index contributed by atoms with van der Waals surface area (Å²) in [5.41, 5.74) is 1.90. The quantitative estimate of drug-likeness (QED) is 0.316. The van der Waals surface area contributed by atoms with Crippen molar-refractivity contribution in [3.63, 3.8) is 0 Å². The molecule has 31 heavy (non-hydrogen) atoms. The maximum Gasteiger partial charge on any atom is 0.174 e. The molecule has 0 bridgehead atoms. The maximum atomic E-state index is 9.54. The van der Waals surface area contributed by atoms with E-state index in [1.165, 1.54) is 6.21 Å². The van der Waals surface area contributed by atoms with Gasteiger partial charge in [-0.05, 0) is 53.6 Å². The first-order chi connectivity index (χ1) is 15.1. The highest BCUT2D eigenvalue weighted by atomic mass is 35.5. The molecule has 0 unspecified atom stereocenters. The molecular formula is C24H16Cl2N4S. The Morgan fingerprint density at radius 2 is 1.55 bits per heavy atom. The smallest absolute Gasteiger partial charge is 0.174 e. The number of allylic oxidation sites excluding steroid dienone is 2. The van der Waals surface area contributed by atoms with Crippen LogP contribution in [0.25, 0.3) is 0 Å². The first kappa shape index (κ1) is 22.5. The van der Waals surface area contributed by atoms with Crippen LogP contribution >= 0.6 is 35.0 Å². The van der Waals surface area contributed by atoms with Gasteiger partial charge < -0.3 is 5.32 Å². The van der Waals surface area contributed by atoms with Crippen molar-refractivity contribution < 1.29 is 0 Å². The average Bonchev–Trinajstić information content (AvgIpc) is 2.79. The van der Waals surface area contributed by atoms with Crippen LogP contribution < -0.4 is 5.32 Å². The molecule has 3 aromatic rings. The van der Waals surface area contributed by atoms with E-state index in [0.29, 0.717) is 16.6 Å². The molecular weight excluding hydrogens is 447 g/mol. The molecule has 1 N–H and O–H groups in total. The van der Waals surface area contributed by atoms with E-state index >= 15 is 0 Å². The summed E-state index contributed by atoms with van der Waals surface area (Å²) in [6.07, 6.45) is 1.53. The van der Waals surface area contributed by atoms with Crippen molar-refractivity contribution in [2.45, 2.75) is 16.3 Å². The Hall–Kier alpha value is -3.22. The minimum Gasteiger partial charge on any atom is -0.370 e. The maximum absolute atomic E-state index is 9.54. The zero-order chi connectivity index (χ0) is 22.1. The number of hydrogen-bond donors (Lipinski definition) is 1. The van der Waals surface area contributed by atoms with Crippen molar-refractivity contribution in [1.82, 2.24) is 5.32 Å². The Morgan fingerprint density at radius 3 is 2.19 bits per heavy atom. The van der Waals surface area contributed by atoms with Crippen LogP contribution in [0.2, 0.25) is 10.0 Å². The van der Waals surface area contributed by atoms with Gasteiger partial charge in [0.25, 0.3) is 0 Å². The SMILES string of the molecule is N#C/C(N=Cc1ccc(Cl)cc1)=C(/C#N)NCc1ccccc1Sc1ccc(Cl)cc1. The van der Waals surface area contributed by atoms with Crippen LogP contribution in [0.5, 0.6) is 0 Å². The summed E-state index contributed by atoms with van der Waals surface area (Å²) in [6.45, 7) is 0.376. The summed E-state index contributed by atoms with van der Waals surface area (Å²) in [4.78, 5) is 6.27. The second-order valence-corrected chi connectivity index (χ2v) is 8.26. The number of hydrogen-bond acceptors (Lipinski definition) is 5. The fraction of sp³-hybridized carbons (Fsp3) is 0.0417. The second-order valence-electron chi connectivity index (χ2n) is 6.27. The van der Waals surface area contributed by atoms with Gasteiger partial charge in [0.15, 0.2) is 11.4 Å². The van der Waals surface area contributed by atoms with Gasteiger partial charge in [0, 0.05) is 32.6 Å². The molecule has 0 radical (unpaired) electrons. The molecule has 0 fully saturated rings. The van der Waals surface area contributed by atoms with Crippen LogP contribution in [0.15, 0.2) is 99.0 Å². The summed E-state index contributed by atoms with van der Waals surface area (Å²) < 4.78 is 0. The van der Waals surface area contributed by atoms with E-state index in [-0.39, 0.29) is 11.4 Å². The average molecular weight is 463 g/mol. The lowest BCUT2D eigenvalue weighted by Gasteiger charge is -2.11. The van der Waals surface area contributed by atoms with E-state index in [4.69, 9.17) is 23.2 Å². The molecule has 0 amide bonds. The van der Waals surface area contributed by atoms with E-state index in [1.807, 2.05) is 60.7 Å². The van der Waals surface area contributed by atoms with Gasteiger partial charge in [-0.1, -0.05) is 65.3 Å². The largest absolute Gasteiger partial charge is 0.370 e. The number of nitrogens with one attached hydrogen (secondary N) is 1. The number of nitrogens with zero attached hydrogens (tertiary/aromatic N) is 3. The van der Waals surface area contributed by atoms with E-state index < -0.39 is 0 Å². The summed E-state index contributed by atoms with van der Waals surface area (Å²) in [7, 11) is 0. The Morgan fingerprint density at radius 1 is 0.903 bits per heavy atom. The zero-order valence-corrected chi connectivity index (χ0v) is 18.5. The summed E-state index contributed by atoms with van der Waals surface area (Å²) in [5.74, 6) is 0. The lowest BCUT2D eigenvalue weighted by Crippen LogP contribution is -2.14. The van der Waals surface area contributed by atoms with Gasteiger partial charge in [-0.25, -0.2) is 4.99 Å². The molecule has 4 nitrogen and oxygen atoms in total. The highest BCUT2D eigenvalue weighted by Crippen LogP contribution is 2.31. The van der Waals surface area contributed by atoms with Gasteiger partial charge in [0.1, 0.15) is 12.1 Å². The van der Waals surface area contributed by atoms with Crippen molar-refractivity contribution in [2.75, 3.05) is 0 Å². The molecule has 0 spiro atoms. The highest BCUT2D eigenvalue weighted by Gasteiger charge is 2.08. The first-order valence-corrected chi connectivity index (χ1v) is 10.8. The monoisotopic (exact) mass is 462 g/mol. The van der Waals surface area contributed by atoms with Gasteiger partial charge in [-0.15, -0.1) is 0 Å². The number of rotatable bonds is 7. The topological polar surface area (TPSA) is 72.0 Å². The highest BCUT2D eigenvalue weighted by molar-refractivity contribution is 7.99. The fourth-order valence-electron chi connectivity index (χ4n) is 2.58. The molecule has 152 valence electrons. The van der Waals surface area contributed by atoms with E-state index in [9.17, 15) is 10.5 Å². The molecule has 0 heterocycles. The molecule has 0 aliphatic heterocycles.